The number of hydrogen-bond acceptors (Lipinski definition) is 3. The van der Waals surface area contributed by atoms with Gasteiger partial charge in [-0.05, 0) is 17.7 Å². The van der Waals surface area contributed by atoms with Crippen molar-refractivity contribution in [2.24, 2.45) is 0 Å². The second-order valence-corrected chi connectivity index (χ2v) is 3.49. The normalized spacial score (nSPS) is 12.1. The van der Waals surface area contributed by atoms with Crippen LogP contribution in [-0.2, 0) is 11.3 Å². The van der Waals surface area contributed by atoms with Crippen LogP contribution in [0.3, 0.4) is 0 Å². The Kier molecular flexibility index (Phi) is 5.61. The van der Waals surface area contributed by atoms with E-state index in [1.165, 1.54) is 6.08 Å². The van der Waals surface area contributed by atoms with Crippen molar-refractivity contribution in [2.75, 3.05) is 13.7 Å². The molecule has 0 amide bonds. The molecule has 1 atom stereocenters. The Labute approximate surface area is 96.3 Å². The zero-order valence-corrected chi connectivity index (χ0v) is 9.56. The predicted octanol–water partition coefficient (Wildman–Crippen LogP) is 2.15. The van der Waals surface area contributed by atoms with E-state index < -0.39 is 6.10 Å². The van der Waals surface area contributed by atoms with Crippen molar-refractivity contribution in [3.63, 3.8) is 0 Å². The molecule has 1 unspecified atom stereocenters. The van der Waals surface area contributed by atoms with Crippen molar-refractivity contribution in [1.29, 1.82) is 0 Å². The Morgan fingerprint density at radius 3 is 2.62 bits per heavy atom. The largest absolute Gasteiger partial charge is 0.497 e. The minimum Gasteiger partial charge on any atom is -0.497 e. The van der Waals surface area contributed by atoms with Gasteiger partial charge in [0.2, 0.25) is 0 Å². The standard InChI is InChI=1S/C13H18O3/c1-3-12(14)8-9-16-10-11-4-6-13(15-2)7-5-11/h3-7,12,14H,1,8-10H2,2H3. The predicted molar refractivity (Wildman–Crippen MR) is 63.5 cm³/mol. The SMILES string of the molecule is C=CC(O)CCOCc1ccc(OC)cc1. The summed E-state index contributed by atoms with van der Waals surface area (Å²) in [4.78, 5) is 0. The lowest BCUT2D eigenvalue weighted by Gasteiger charge is -2.07. The monoisotopic (exact) mass is 222 g/mol. The summed E-state index contributed by atoms with van der Waals surface area (Å²) in [5.41, 5.74) is 1.09. The van der Waals surface area contributed by atoms with Crippen molar-refractivity contribution in [2.45, 2.75) is 19.1 Å². The first-order chi connectivity index (χ1) is 7.76. The molecule has 16 heavy (non-hydrogen) atoms. The third-order valence-corrected chi connectivity index (χ3v) is 2.26. The van der Waals surface area contributed by atoms with Crippen LogP contribution in [0.1, 0.15) is 12.0 Å². The van der Waals surface area contributed by atoms with Gasteiger partial charge in [0, 0.05) is 13.0 Å². The number of aliphatic hydroxyl groups excluding tert-OH is 1. The maximum Gasteiger partial charge on any atom is 0.118 e. The third-order valence-electron chi connectivity index (χ3n) is 2.26. The van der Waals surface area contributed by atoms with E-state index in [1.54, 1.807) is 7.11 Å². The molecular formula is C13H18O3. The average molecular weight is 222 g/mol. The Balaban J connectivity index is 2.24. The van der Waals surface area contributed by atoms with E-state index in [2.05, 4.69) is 6.58 Å². The summed E-state index contributed by atoms with van der Waals surface area (Å²) in [5.74, 6) is 0.839. The molecule has 88 valence electrons. The second kappa shape index (κ2) is 7.04. The van der Waals surface area contributed by atoms with Crippen molar-refractivity contribution in [1.82, 2.24) is 0 Å². The minimum absolute atomic E-state index is 0.476. The molecule has 1 aromatic rings. The summed E-state index contributed by atoms with van der Waals surface area (Å²) in [6, 6.07) is 7.72. The molecule has 3 heteroatoms. The van der Waals surface area contributed by atoms with Crippen LogP contribution >= 0.6 is 0 Å². The first-order valence-corrected chi connectivity index (χ1v) is 5.27. The van der Waals surface area contributed by atoms with Gasteiger partial charge in [-0.25, -0.2) is 0 Å². The van der Waals surface area contributed by atoms with E-state index >= 15 is 0 Å². The molecule has 0 fully saturated rings. The summed E-state index contributed by atoms with van der Waals surface area (Å²) in [7, 11) is 1.64. The summed E-state index contributed by atoms with van der Waals surface area (Å²) < 4.78 is 10.5. The molecule has 0 aliphatic rings. The molecule has 1 N–H and O–H groups in total. The summed E-state index contributed by atoms with van der Waals surface area (Å²) in [6.45, 7) is 4.57. The lowest BCUT2D eigenvalue weighted by Crippen LogP contribution is -2.06. The fourth-order valence-corrected chi connectivity index (χ4v) is 1.23. The number of aliphatic hydroxyl groups is 1. The van der Waals surface area contributed by atoms with Crippen LogP contribution in [0, 0.1) is 0 Å². The van der Waals surface area contributed by atoms with Crippen molar-refractivity contribution in [3.8, 4) is 5.75 Å². The molecule has 0 radical (unpaired) electrons. The van der Waals surface area contributed by atoms with Crippen molar-refractivity contribution >= 4 is 0 Å². The van der Waals surface area contributed by atoms with Crippen LogP contribution in [-0.4, -0.2) is 24.9 Å². The number of ether oxygens (including phenoxy) is 2. The highest BCUT2D eigenvalue weighted by atomic mass is 16.5. The quantitative estimate of drug-likeness (QED) is 0.567. The van der Waals surface area contributed by atoms with Crippen LogP contribution in [0.2, 0.25) is 0 Å². The molecule has 1 rings (SSSR count). The average Bonchev–Trinajstić information content (AvgIpc) is 2.35. The second-order valence-electron chi connectivity index (χ2n) is 3.49. The van der Waals surface area contributed by atoms with Gasteiger partial charge >= 0.3 is 0 Å². The molecule has 0 spiro atoms. The van der Waals surface area contributed by atoms with Gasteiger partial charge < -0.3 is 14.6 Å². The number of methoxy groups -OCH3 is 1. The highest BCUT2D eigenvalue weighted by molar-refractivity contribution is 5.26. The Hall–Kier alpha value is -1.32. The minimum atomic E-state index is -0.476. The summed E-state index contributed by atoms with van der Waals surface area (Å²) in [6.07, 6.45) is 1.62. The van der Waals surface area contributed by atoms with E-state index in [0.29, 0.717) is 19.6 Å². The lowest BCUT2D eigenvalue weighted by molar-refractivity contribution is 0.0884. The fourth-order valence-electron chi connectivity index (χ4n) is 1.23. The van der Waals surface area contributed by atoms with Gasteiger partial charge in [0.25, 0.3) is 0 Å². The van der Waals surface area contributed by atoms with E-state index in [9.17, 15) is 5.11 Å². The molecule has 3 nitrogen and oxygen atoms in total. The molecule has 0 saturated heterocycles. The van der Waals surface area contributed by atoms with Gasteiger partial charge in [0.05, 0.1) is 19.8 Å². The van der Waals surface area contributed by atoms with Crippen LogP contribution in [0.5, 0.6) is 5.75 Å². The fraction of sp³-hybridized carbons (Fsp3) is 0.385. The lowest BCUT2D eigenvalue weighted by atomic mass is 10.2. The van der Waals surface area contributed by atoms with E-state index in [4.69, 9.17) is 9.47 Å². The number of benzene rings is 1. The summed E-state index contributed by atoms with van der Waals surface area (Å²) in [5, 5.41) is 9.21. The van der Waals surface area contributed by atoms with Crippen molar-refractivity contribution in [3.05, 3.63) is 42.5 Å². The van der Waals surface area contributed by atoms with Crippen LogP contribution < -0.4 is 4.74 Å². The Bertz CT molecular complexity index is 305. The van der Waals surface area contributed by atoms with Gasteiger partial charge in [-0.15, -0.1) is 6.58 Å². The zero-order chi connectivity index (χ0) is 11.8. The van der Waals surface area contributed by atoms with Crippen LogP contribution in [0.15, 0.2) is 36.9 Å². The highest BCUT2D eigenvalue weighted by Gasteiger charge is 1.98. The van der Waals surface area contributed by atoms with E-state index in [0.717, 1.165) is 11.3 Å². The van der Waals surface area contributed by atoms with Gasteiger partial charge in [-0.3, -0.25) is 0 Å². The molecule has 0 aliphatic carbocycles. The molecule has 0 heterocycles. The third kappa shape index (κ3) is 4.47. The first kappa shape index (κ1) is 12.7. The topological polar surface area (TPSA) is 38.7 Å². The first-order valence-electron chi connectivity index (χ1n) is 5.27. The van der Waals surface area contributed by atoms with E-state index in [-0.39, 0.29) is 0 Å². The molecule has 0 aromatic heterocycles. The Morgan fingerprint density at radius 2 is 2.06 bits per heavy atom. The maximum atomic E-state index is 9.21. The summed E-state index contributed by atoms with van der Waals surface area (Å²) >= 11 is 0. The maximum absolute atomic E-state index is 9.21. The van der Waals surface area contributed by atoms with Gasteiger partial charge in [-0.2, -0.15) is 0 Å². The van der Waals surface area contributed by atoms with Crippen LogP contribution in [0.4, 0.5) is 0 Å². The van der Waals surface area contributed by atoms with Gasteiger partial charge in [0.15, 0.2) is 0 Å². The van der Waals surface area contributed by atoms with Crippen LogP contribution in [0.25, 0.3) is 0 Å². The van der Waals surface area contributed by atoms with Crippen molar-refractivity contribution < 1.29 is 14.6 Å². The molecule has 0 aliphatic heterocycles. The molecule has 0 bridgehead atoms. The number of rotatable bonds is 7. The highest BCUT2D eigenvalue weighted by Crippen LogP contribution is 2.12. The van der Waals surface area contributed by atoms with Gasteiger partial charge in [-0.1, -0.05) is 18.2 Å². The van der Waals surface area contributed by atoms with E-state index in [1.807, 2.05) is 24.3 Å². The molecule has 1 aromatic carbocycles. The number of hydrogen-bond donors (Lipinski definition) is 1. The molecular weight excluding hydrogens is 204 g/mol. The van der Waals surface area contributed by atoms with Gasteiger partial charge in [0.1, 0.15) is 5.75 Å². The zero-order valence-electron chi connectivity index (χ0n) is 9.56. The Morgan fingerprint density at radius 1 is 1.38 bits per heavy atom. The smallest absolute Gasteiger partial charge is 0.118 e. The molecule has 0 saturated carbocycles.